The minimum Gasteiger partial charge on any atom is -0.486 e. The summed E-state index contributed by atoms with van der Waals surface area (Å²) in [6, 6.07) is 7.85. The van der Waals surface area contributed by atoms with Gasteiger partial charge in [0.1, 0.15) is 12.7 Å². The summed E-state index contributed by atoms with van der Waals surface area (Å²) in [4.78, 5) is 2.43. The van der Waals surface area contributed by atoms with Gasteiger partial charge in [-0.25, -0.2) is 0 Å². The first-order chi connectivity index (χ1) is 10.9. The van der Waals surface area contributed by atoms with Gasteiger partial charge in [-0.05, 0) is 30.4 Å². The fraction of sp³-hybridized carbons (Fsp3) is 0.684. The van der Waals surface area contributed by atoms with E-state index in [1.165, 1.54) is 0 Å². The van der Waals surface area contributed by atoms with Crippen molar-refractivity contribution in [3.63, 3.8) is 0 Å². The van der Waals surface area contributed by atoms with Gasteiger partial charge in [-0.15, -0.1) is 0 Å². The highest BCUT2D eigenvalue weighted by Crippen LogP contribution is 2.38. The van der Waals surface area contributed by atoms with Gasteiger partial charge in [-0.3, -0.25) is 0 Å². The van der Waals surface area contributed by atoms with Gasteiger partial charge in [0, 0.05) is 26.1 Å². The van der Waals surface area contributed by atoms with E-state index in [0.717, 1.165) is 50.4 Å². The van der Waals surface area contributed by atoms with Crippen LogP contribution in [0, 0.1) is 5.41 Å². The fourth-order valence-electron chi connectivity index (χ4n) is 3.43. The van der Waals surface area contributed by atoms with Crippen LogP contribution >= 0.6 is 0 Å². The van der Waals surface area contributed by atoms with Crippen molar-refractivity contribution in [2.24, 2.45) is 5.41 Å². The smallest absolute Gasteiger partial charge is 0.161 e. The van der Waals surface area contributed by atoms with Crippen LogP contribution in [0.3, 0.4) is 0 Å². The molecule has 3 rings (SSSR count). The second-order valence-corrected chi connectivity index (χ2v) is 7.91. The van der Waals surface area contributed by atoms with Crippen molar-refractivity contribution in [2.75, 3.05) is 26.2 Å². The number of rotatable bonds is 3. The molecule has 2 heterocycles. The summed E-state index contributed by atoms with van der Waals surface area (Å²) in [5.74, 6) is 1.70. The summed E-state index contributed by atoms with van der Waals surface area (Å²) < 4.78 is 11.8. The Balaban J connectivity index is 1.46. The zero-order valence-corrected chi connectivity index (χ0v) is 14.5. The molecule has 0 aromatic heterocycles. The van der Waals surface area contributed by atoms with Crippen molar-refractivity contribution < 1.29 is 14.6 Å². The van der Waals surface area contributed by atoms with E-state index >= 15 is 0 Å². The van der Waals surface area contributed by atoms with E-state index in [0.29, 0.717) is 6.61 Å². The maximum Gasteiger partial charge on any atom is 0.161 e. The Morgan fingerprint density at radius 3 is 2.48 bits per heavy atom. The van der Waals surface area contributed by atoms with Gasteiger partial charge in [0.15, 0.2) is 11.5 Å². The van der Waals surface area contributed by atoms with Crippen LogP contribution in [0.15, 0.2) is 24.3 Å². The van der Waals surface area contributed by atoms with Gasteiger partial charge in [0.05, 0.1) is 5.60 Å². The molecule has 1 N–H and O–H groups in total. The molecule has 0 bridgehead atoms. The molecular formula is C19H29NO3. The quantitative estimate of drug-likeness (QED) is 0.929. The molecule has 0 aliphatic carbocycles. The summed E-state index contributed by atoms with van der Waals surface area (Å²) in [6.45, 7) is 9.93. The largest absolute Gasteiger partial charge is 0.486 e. The Morgan fingerprint density at radius 1 is 1.17 bits per heavy atom. The summed E-state index contributed by atoms with van der Waals surface area (Å²) >= 11 is 0. The number of ether oxygens (including phenoxy) is 2. The molecule has 0 radical (unpaired) electrons. The summed E-state index contributed by atoms with van der Waals surface area (Å²) in [5, 5.41) is 10.8. The molecule has 1 fully saturated rings. The van der Waals surface area contributed by atoms with Crippen LogP contribution in [0.2, 0.25) is 0 Å². The molecule has 0 amide bonds. The average molecular weight is 319 g/mol. The second kappa shape index (κ2) is 6.33. The normalized spacial score (nSPS) is 24.4. The van der Waals surface area contributed by atoms with Crippen molar-refractivity contribution in [1.82, 2.24) is 4.90 Å². The highest BCUT2D eigenvalue weighted by molar-refractivity contribution is 5.40. The SMILES string of the molecule is CC(C)(C)C1(O)CCN(CCC2COc3ccccc3O2)CC1. The number of para-hydroxylation sites is 2. The number of benzene rings is 1. The van der Waals surface area contributed by atoms with Crippen molar-refractivity contribution in [3.05, 3.63) is 24.3 Å². The lowest BCUT2D eigenvalue weighted by molar-refractivity contribution is -0.0997. The van der Waals surface area contributed by atoms with E-state index in [1.807, 2.05) is 24.3 Å². The van der Waals surface area contributed by atoms with Gasteiger partial charge < -0.3 is 19.5 Å². The Kier molecular flexibility index (Phi) is 4.56. The molecule has 0 saturated carbocycles. The van der Waals surface area contributed by atoms with Crippen molar-refractivity contribution in [3.8, 4) is 11.5 Å². The molecule has 1 aromatic carbocycles. The minimum absolute atomic E-state index is 0.0525. The highest BCUT2D eigenvalue weighted by atomic mass is 16.6. The molecular weight excluding hydrogens is 290 g/mol. The standard InChI is InChI=1S/C19H29NO3/c1-18(2,3)19(21)9-12-20(13-10-19)11-8-15-14-22-16-6-4-5-7-17(16)23-15/h4-7,15,21H,8-14H2,1-3H3. The number of hydrogen-bond donors (Lipinski definition) is 1. The monoisotopic (exact) mass is 319 g/mol. The van der Waals surface area contributed by atoms with Crippen LogP contribution in [0.25, 0.3) is 0 Å². The zero-order valence-electron chi connectivity index (χ0n) is 14.5. The third kappa shape index (κ3) is 3.64. The van der Waals surface area contributed by atoms with E-state index in [-0.39, 0.29) is 11.5 Å². The van der Waals surface area contributed by atoms with Crippen LogP contribution < -0.4 is 9.47 Å². The number of aliphatic hydroxyl groups is 1. The third-order valence-corrected chi connectivity index (χ3v) is 5.41. The van der Waals surface area contributed by atoms with Gasteiger partial charge in [0.2, 0.25) is 0 Å². The molecule has 128 valence electrons. The number of piperidine rings is 1. The van der Waals surface area contributed by atoms with Crippen molar-refractivity contribution in [2.45, 2.75) is 51.7 Å². The van der Waals surface area contributed by atoms with Gasteiger partial charge in [0.25, 0.3) is 0 Å². The lowest BCUT2D eigenvalue weighted by atomic mass is 9.71. The number of nitrogens with zero attached hydrogens (tertiary/aromatic N) is 1. The molecule has 2 aliphatic heterocycles. The first kappa shape index (κ1) is 16.6. The lowest BCUT2D eigenvalue weighted by Gasteiger charge is -2.46. The van der Waals surface area contributed by atoms with E-state index in [1.54, 1.807) is 0 Å². The minimum atomic E-state index is -0.535. The highest BCUT2D eigenvalue weighted by Gasteiger charge is 2.42. The molecule has 2 aliphatic rings. The summed E-state index contributed by atoms with van der Waals surface area (Å²) in [5.41, 5.74) is -0.587. The summed E-state index contributed by atoms with van der Waals surface area (Å²) in [6.07, 6.45) is 2.78. The number of hydrogen-bond acceptors (Lipinski definition) is 4. The Bertz CT molecular complexity index is 530. The van der Waals surface area contributed by atoms with Crippen LogP contribution in [-0.4, -0.2) is 48.0 Å². The molecule has 0 spiro atoms. The van der Waals surface area contributed by atoms with E-state index in [9.17, 15) is 5.11 Å². The topological polar surface area (TPSA) is 41.9 Å². The first-order valence-corrected chi connectivity index (χ1v) is 8.71. The molecule has 1 aromatic rings. The number of fused-ring (bicyclic) bond motifs is 1. The maximum absolute atomic E-state index is 10.8. The molecule has 23 heavy (non-hydrogen) atoms. The van der Waals surface area contributed by atoms with E-state index in [2.05, 4.69) is 25.7 Å². The van der Waals surface area contributed by atoms with Crippen LogP contribution in [-0.2, 0) is 0 Å². The Labute approximate surface area is 139 Å². The predicted octanol–water partition coefficient (Wildman–Crippen LogP) is 3.09. The third-order valence-electron chi connectivity index (χ3n) is 5.41. The van der Waals surface area contributed by atoms with E-state index in [4.69, 9.17) is 9.47 Å². The lowest BCUT2D eigenvalue weighted by Crippen LogP contribution is -2.52. The predicted molar refractivity (Wildman–Crippen MR) is 91.0 cm³/mol. The molecule has 1 unspecified atom stereocenters. The Hall–Kier alpha value is -1.26. The number of likely N-dealkylation sites (tertiary alicyclic amines) is 1. The van der Waals surface area contributed by atoms with Crippen molar-refractivity contribution in [1.29, 1.82) is 0 Å². The van der Waals surface area contributed by atoms with Crippen LogP contribution in [0.5, 0.6) is 11.5 Å². The average Bonchev–Trinajstić information content (AvgIpc) is 2.53. The Morgan fingerprint density at radius 2 is 1.83 bits per heavy atom. The van der Waals surface area contributed by atoms with Gasteiger partial charge >= 0.3 is 0 Å². The van der Waals surface area contributed by atoms with E-state index < -0.39 is 5.60 Å². The van der Waals surface area contributed by atoms with Crippen LogP contribution in [0.4, 0.5) is 0 Å². The molecule has 4 heteroatoms. The first-order valence-electron chi connectivity index (χ1n) is 8.71. The maximum atomic E-state index is 10.8. The summed E-state index contributed by atoms with van der Waals surface area (Å²) in [7, 11) is 0. The zero-order chi connectivity index (χ0) is 16.5. The fourth-order valence-corrected chi connectivity index (χ4v) is 3.43. The molecule has 1 atom stereocenters. The molecule has 4 nitrogen and oxygen atoms in total. The second-order valence-electron chi connectivity index (χ2n) is 7.91. The van der Waals surface area contributed by atoms with Gasteiger partial charge in [-0.2, -0.15) is 0 Å². The van der Waals surface area contributed by atoms with Gasteiger partial charge in [-0.1, -0.05) is 32.9 Å². The van der Waals surface area contributed by atoms with Crippen molar-refractivity contribution >= 4 is 0 Å². The van der Waals surface area contributed by atoms with Crippen LogP contribution in [0.1, 0.15) is 40.0 Å². The molecule has 1 saturated heterocycles.